The lowest BCUT2D eigenvalue weighted by Crippen LogP contribution is -2.30. The Morgan fingerprint density at radius 1 is 1.24 bits per heavy atom. The van der Waals surface area contributed by atoms with Crippen LogP contribution in [0.2, 0.25) is 0 Å². The molecule has 1 aromatic carbocycles. The highest BCUT2D eigenvalue weighted by Crippen LogP contribution is 2.16. The summed E-state index contributed by atoms with van der Waals surface area (Å²) in [5.74, 6) is -0.338. The molecule has 7 heteroatoms. The molecular formula is C14H16N2O3S2. The zero-order valence-corrected chi connectivity index (χ0v) is 13.3. The zero-order valence-electron chi connectivity index (χ0n) is 11.7. The molecule has 2 N–H and O–H groups in total. The normalized spacial score (nSPS) is 11.6. The lowest BCUT2D eigenvalue weighted by Gasteiger charge is -2.10. The molecule has 21 heavy (non-hydrogen) atoms. The fraction of sp³-hybridized carbons (Fsp3) is 0.214. The maximum atomic E-state index is 12.1. The number of hydrogen-bond acceptors (Lipinski definition) is 4. The van der Waals surface area contributed by atoms with Crippen molar-refractivity contribution in [3.63, 3.8) is 0 Å². The molecule has 112 valence electrons. The van der Waals surface area contributed by atoms with Crippen molar-refractivity contribution in [2.75, 3.05) is 5.32 Å². The van der Waals surface area contributed by atoms with Crippen LogP contribution >= 0.6 is 11.3 Å². The lowest BCUT2D eigenvalue weighted by molar-refractivity contribution is 0.102. The molecule has 1 amide bonds. The van der Waals surface area contributed by atoms with Gasteiger partial charge in [0, 0.05) is 17.0 Å². The van der Waals surface area contributed by atoms with Crippen molar-refractivity contribution in [2.24, 2.45) is 0 Å². The molecule has 2 aromatic rings. The van der Waals surface area contributed by atoms with Gasteiger partial charge in [0.2, 0.25) is 10.0 Å². The van der Waals surface area contributed by atoms with Gasteiger partial charge in [-0.1, -0.05) is 6.07 Å². The van der Waals surface area contributed by atoms with Crippen LogP contribution in [0.15, 0.2) is 46.0 Å². The van der Waals surface area contributed by atoms with Crippen molar-refractivity contribution in [3.05, 3.63) is 46.7 Å². The molecule has 0 aliphatic rings. The van der Waals surface area contributed by atoms with Gasteiger partial charge in [-0.25, -0.2) is 13.1 Å². The molecule has 0 spiro atoms. The van der Waals surface area contributed by atoms with Crippen molar-refractivity contribution < 1.29 is 13.2 Å². The fourth-order valence-electron chi connectivity index (χ4n) is 1.72. The standard InChI is InChI=1S/C14H16N2O3S2/c1-10(2)16-21(18,19)13-5-3-4-11(8-13)14(17)15-12-6-7-20-9-12/h3-10,16H,1-2H3,(H,15,17). The van der Waals surface area contributed by atoms with Gasteiger partial charge in [0.25, 0.3) is 5.91 Å². The molecule has 0 fully saturated rings. The predicted molar refractivity (Wildman–Crippen MR) is 84.2 cm³/mol. The number of carbonyl (C=O) groups is 1. The van der Waals surface area contributed by atoms with E-state index in [0.29, 0.717) is 11.3 Å². The first-order chi connectivity index (χ1) is 9.88. The van der Waals surface area contributed by atoms with Gasteiger partial charge in [-0.05, 0) is 43.5 Å². The Morgan fingerprint density at radius 3 is 2.62 bits per heavy atom. The predicted octanol–water partition coefficient (Wildman–Crippen LogP) is 2.69. The second-order valence-corrected chi connectivity index (χ2v) is 7.26. The van der Waals surface area contributed by atoms with E-state index in [1.807, 2.05) is 5.38 Å². The van der Waals surface area contributed by atoms with E-state index >= 15 is 0 Å². The summed E-state index contributed by atoms with van der Waals surface area (Å²) in [5, 5.41) is 6.37. The summed E-state index contributed by atoms with van der Waals surface area (Å²) in [6.45, 7) is 3.48. The van der Waals surface area contributed by atoms with Gasteiger partial charge in [-0.3, -0.25) is 4.79 Å². The largest absolute Gasteiger partial charge is 0.321 e. The summed E-state index contributed by atoms with van der Waals surface area (Å²) in [6, 6.07) is 7.54. The number of sulfonamides is 1. The van der Waals surface area contributed by atoms with Gasteiger partial charge < -0.3 is 5.32 Å². The van der Waals surface area contributed by atoms with E-state index in [1.54, 1.807) is 37.4 Å². The van der Waals surface area contributed by atoms with E-state index in [9.17, 15) is 13.2 Å². The quantitative estimate of drug-likeness (QED) is 0.888. The highest BCUT2D eigenvalue weighted by Gasteiger charge is 2.17. The lowest BCUT2D eigenvalue weighted by atomic mass is 10.2. The summed E-state index contributed by atoms with van der Waals surface area (Å²) in [6.07, 6.45) is 0. The number of carbonyl (C=O) groups excluding carboxylic acids is 1. The molecule has 0 saturated carbocycles. The van der Waals surface area contributed by atoms with Gasteiger partial charge in [0.15, 0.2) is 0 Å². The minimum atomic E-state index is -3.61. The van der Waals surface area contributed by atoms with Crippen LogP contribution in [0, 0.1) is 0 Å². The molecule has 0 aliphatic heterocycles. The minimum Gasteiger partial charge on any atom is -0.321 e. The summed E-state index contributed by atoms with van der Waals surface area (Å²) in [7, 11) is -3.61. The van der Waals surface area contributed by atoms with Gasteiger partial charge in [-0.15, -0.1) is 0 Å². The van der Waals surface area contributed by atoms with E-state index in [-0.39, 0.29) is 16.8 Å². The monoisotopic (exact) mass is 324 g/mol. The van der Waals surface area contributed by atoms with Crippen LogP contribution < -0.4 is 10.0 Å². The van der Waals surface area contributed by atoms with Gasteiger partial charge in [0.05, 0.1) is 10.6 Å². The average molecular weight is 324 g/mol. The highest BCUT2D eigenvalue weighted by molar-refractivity contribution is 7.89. The number of amides is 1. The van der Waals surface area contributed by atoms with Crippen LogP contribution in [0.4, 0.5) is 5.69 Å². The topological polar surface area (TPSA) is 75.3 Å². The smallest absolute Gasteiger partial charge is 0.255 e. The number of anilines is 1. The number of benzene rings is 1. The van der Waals surface area contributed by atoms with Crippen molar-refractivity contribution in [1.29, 1.82) is 0 Å². The van der Waals surface area contributed by atoms with E-state index in [1.165, 1.54) is 23.5 Å². The third kappa shape index (κ3) is 4.13. The Labute approximate surface area is 128 Å². The molecule has 0 radical (unpaired) electrons. The highest BCUT2D eigenvalue weighted by atomic mass is 32.2. The Hall–Kier alpha value is -1.70. The maximum Gasteiger partial charge on any atom is 0.255 e. The Bertz CT molecular complexity index is 722. The number of thiophene rings is 1. The molecule has 0 saturated heterocycles. The SMILES string of the molecule is CC(C)NS(=O)(=O)c1cccc(C(=O)Nc2ccsc2)c1. The van der Waals surface area contributed by atoms with Crippen LogP contribution in [0.3, 0.4) is 0 Å². The average Bonchev–Trinajstić information content (AvgIpc) is 2.90. The van der Waals surface area contributed by atoms with Crippen molar-refractivity contribution in [3.8, 4) is 0 Å². The number of nitrogens with one attached hydrogen (secondary N) is 2. The first kappa shape index (κ1) is 15.7. The summed E-state index contributed by atoms with van der Waals surface area (Å²) < 4.78 is 26.7. The Morgan fingerprint density at radius 2 is 2.00 bits per heavy atom. The van der Waals surface area contributed by atoms with Crippen LogP contribution in [0.25, 0.3) is 0 Å². The second-order valence-electron chi connectivity index (χ2n) is 4.77. The molecule has 0 atom stereocenters. The third-order valence-electron chi connectivity index (χ3n) is 2.58. The van der Waals surface area contributed by atoms with Crippen molar-refractivity contribution in [1.82, 2.24) is 4.72 Å². The molecular weight excluding hydrogens is 308 g/mol. The molecule has 1 heterocycles. The molecule has 1 aromatic heterocycles. The third-order valence-corrected chi connectivity index (χ3v) is 4.92. The van der Waals surface area contributed by atoms with Gasteiger partial charge in [-0.2, -0.15) is 11.3 Å². The van der Waals surface area contributed by atoms with E-state index in [4.69, 9.17) is 0 Å². The van der Waals surface area contributed by atoms with E-state index < -0.39 is 10.0 Å². The summed E-state index contributed by atoms with van der Waals surface area (Å²) >= 11 is 1.47. The molecule has 0 unspecified atom stereocenters. The van der Waals surface area contributed by atoms with Crippen LogP contribution in [0.1, 0.15) is 24.2 Å². The zero-order chi connectivity index (χ0) is 15.5. The Balaban J connectivity index is 2.23. The Kier molecular flexibility index (Phi) is 4.76. The minimum absolute atomic E-state index is 0.0779. The first-order valence-corrected chi connectivity index (χ1v) is 8.77. The fourth-order valence-corrected chi connectivity index (χ4v) is 3.61. The van der Waals surface area contributed by atoms with Gasteiger partial charge >= 0.3 is 0 Å². The van der Waals surface area contributed by atoms with Gasteiger partial charge in [0.1, 0.15) is 0 Å². The van der Waals surface area contributed by atoms with Crippen LogP contribution in [-0.2, 0) is 10.0 Å². The maximum absolute atomic E-state index is 12.1. The van der Waals surface area contributed by atoms with Crippen LogP contribution in [-0.4, -0.2) is 20.4 Å². The van der Waals surface area contributed by atoms with Crippen molar-refractivity contribution >= 4 is 33.0 Å². The van der Waals surface area contributed by atoms with Crippen molar-refractivity contribution in [2.45, 2.75) is 24.8 Å². The molecule has 2 rings (SSSR count). The van der Waals surface area contributed by atoms with E-state index in [2.05, 4.69) is 10.0 Å². The number of hydrogen-bond donors (Lipinski definition) is 2. The van der Waals surface area contributed by atoms with Crippen LogP contribution in [0.5, 0.6) is 0 Å². The van der Waals surface area contributed by atoms with E-state index in [0.717, 1.165) is 0 Å². The number of rotatable bonds is 5. The second kappa shape index (κ2) is 6.38. The molecule has 0 aliphatic carbocycles. The first-order valence-electron chi connectivity index (χ1n) is 6.34. The summed E-state index contributed by atoms with van der Waals surface area (Å²) in [5.41, 5.74) is 0.992. The molecule has 5 nitrogen and oxygen atoms in total. The molecule has 0 bridgehead atoms. The summed E-state index contributed by atoms with van der Waals surface area (Å²) in [4.78, 5) is 12.2.